The number of rotatable bonds is 3. The standard InChI is InChI=1S/C12H7ClN2O4/c13-9-5-11(7-14-6-9)19-12(16)8-2-1-3-10(4-8)15(17)18/h1-7H. The molecule has 0 N–H and O–H groups in total. The minimum Gasteiger partial charge on any atom is -0.421 e. The number of nitrogens with zero attached hydrogens (tertiary/aromatic N) is 2. The van der Waals surface area contributed by atoms with E-state index in [1.54, 1.807) is 0 Å². The Morgan fingerprint density at radius 3 is 2.79 bits per heavy atom. The number of halogens is 1. The van der Waals surface area contributed by atoms with Gasteiger partial charge in [-0.15, -0.1) is 0 Å². The van der Waals surface area contributed by atoms with Gasteiger partial charge >= 0.3 is 5.97 Å². The van der Waals surface area contributed by atoms with E-state index in [4.69, 9.17) is 16.3 Å². The lowest BCUT2D eigenvalue weighted by molar-refractivity contribution is -0.384. The summed E-state index contributed by atoms with van der Waals surface area (Å²) in [5.41, 5.74) is -0.104. The van der Waals surface area contributed by atoms with Crippen LogP contribution in [0.25, 0.3) is 0 Å². The van der Waals surface area contributed by atoms with E-state index in [1.807, 2.05) is 0 Å². The maximum atomic E-state index is 11.8. The molecule has 19 heavy (non-hydrogen) atoms. The molecule has 0 unspecified atom stereocenters. The summed E-state index contributed by atoms with van der Waals surface area (Å²) in [6.07, 6.45) is 2.72. The first-order valence-electron chi connectivity index (χ1n) is 5.13. The molecule has 6 nitrogen and oxygen atoms in total. The number of benzene rings is 1. The lowest BCUT2D eigenvalue weighted by Gasteiger charge is -2.03. The second-order valence-corrected chi connectivity index (χ2v) is 3.97. The van der Waals surface area contributed by atoms with Crippen LogP contribution in [0.15, 0.2) is 42.7 Å². The molecule has 2 rings (SSSR count). The zero-order valence-electron chi connectivity index (χ0n) is 9.45. The summed E-state index contributed by atoms with van der Waals surface area (Å²) < 4.78 is 5.01. The molecule has 0 saturated carbocycles. The fourth-order valence-electron chi connectivity index (χ4n) is 1.36. The molecule has 0 radical (unpaired) electrons. The number of nitro benzene ring substituents is 1. The molecule has 0 aliphatic heterocycles. The van der Waals surface area contributed by atoms with Crippen LogP contribution in [0.5, 0.6) is 5.75 Å². The minimum absolute atomic E-state index is 0.0779. The van der Waals surface area contributed by atoms with Crippen molar-refractivity contribution in [2.24, 2.45) is 0 Å². The predicted molar refractivity (Wildman–Crippen MR) is 67.3 cm³/mol. The first-order chi connectivity index (χ1) is 9.06. The molecule has 1 aromatic heterocycles. The van der Waals surface area contributed by atoms with Crippen molar-refractivity contribution < 1.29 is 14.5 Å². The van der Waals surface area contributed by atoms with Gasteiger partial charge in [0.05, 0.1) is 21.7 Å². The van der Waals surface area contributed by atoms with Crippen LogP contribution in [0.1, 0.15) is 10.4 Å². The second kappa shape index (κ2) is 5.45. The van der Waals surface area contributed by atoms with Gasteiger partial charge in [-0.3, -0.25) is 15.1 Å². The van der Waals surface area contributed by atoms with Crippen LogP contribution in [0.3, 0.4) is 0 Å². The summed E-state index contributed by atoms with van der Waals surface area (Å²) in [6.45, 7) is 0. The van der Waals surface area contributed by atoms with Gasteiger partial charge < -0.3 is 4.74 Å². The van der Waals surface area contributed by atoms with E-state index in [0.29, 0.717) is 5.02 Å². The van der Waals surface area contributed by atoms with Gasteiger partial charge in [0.2, 0.25) is 0 Å². The van der Waals surface area contributed by atoms with E-state index in [0.717, 1.165) is 6.07 Å². The Hall–Kier alpha value is -2.47. The van der Waals surface area contributed by atoms with Crippen molar-refractivity contribution >= 4 is 23.3 Å². The number of nitro groups is 1. The van der Waals surface area contributed by atoms with Crippen LogP contribution in [0.2, 0.25) is 5.02 Å². The van der Waals surface area contributed by atoms with Crippen molar-refractivity contribution in [2.45, 2.75) is 0 Å². The minimum atomic E-state index is -0.715. The van der Waals surface area contributed by atoms with Crippen molar-refractivity contribution in [3.8, 4) is 5.75 Å². The normalized spacial score (nSPS) is 9.95. The molecular formula is C12H7ClN2O4. The molecule has 0 aliphatic carbocycles. The van der Waals surface area contributed by atoms with Crippen LogP contribution in [0, 0.1) is 10.1 Å². The Morgan fingerprint density at radius 1 is 1.32 bits per heavy atom. The predicted octanol–water partition coefficient (Wildman–Crippen LogP) is 2.86. The van der Waals surface area contributed by atoms with Crippen molar-refractivity contribution in [2.75, 3.05) is 0 Å². The van der Waals surface area contributed by atoms with Crippen molar-refractivity contribution in [3.05, 3.63) is 63.4 Å². The summed E-state index contributed by atoms with van der Waals surface area (Å²) in [4.78, 5) is 25.6. The second-order valence-electron chi connectivity index (χ2n) is 3.54. The smallest absolute Gasteiger partial charge is 0.343 e. The molecule has 96 valence electrons. The third-order valence-electron chi connectivity index (χ3n) is 2.18. The molecular weight excluding hydrogens is 272 g/mol. The Kier molecular flexibility index (Phi) is 3.72. The van der Waals surface area contributed by atoms with Crippen LogP contribution >= 0.6 is 11.6 Å². The van der Waals surface area contributed by atoms with Gasteiger partial charge in [0.25, 0.3) is 5.69 Å². The first-order valence-corrected chi connectivity index (χ1v) is 5.51. The largest absolute Gasteiger partial charge is 0.421 e. The number of ether oxygens (including phenoxy) is 1. The quantitative estimate of drug-likeness (QED) is 0.490. The van der Waals surface area contributed by atoms with Gasteiger partial charge in [-0.1, -0.05) is 17.7 Å². The number of hydrogen-bond acceptors (Lipinski definition) is 5. The molecule has 0 spiro atoms. The molecule has 0 bridgehead atoms. The monoisotopic (exact) mass is 278 g/mol. The third kappa shape index (κ3) is 3.26. The van der Waals surface area contributed by atoms with E-state index >= 15 is 0 Å². The summed E-state index contributed by atoms with van der Waals surface area (Å²) in [5, 5.41) is 10.9. The van der Waals surface area contributed by atoms with E-state index in [2.05, 4.69) is 4.98 Å². The lowest BCUT2D eigenvalue weighted by Crippen LogP contribution is -2.08. The van der Waals surface area contributed by atoms with Crippen LogP contribution in [0.4, 0.5) is 5.69 Å². The molecule has 0 amide bonds. The van der Waals surface area contributed by atoms with E-state index in [-0.39, 0.29) is 17.0 Å². The Morgan fingerprint density at radius 2 is 2.11 bits per heavy atom. The molecule has 1 aromatic carbocycles. The van der Waals surface area contributed by atoms with Crippen molar-refractivity contribution in [1.82, 2.24) is 4.98 Å². The molecule has 0 aliphatic rings. The average molecular weight is 279 g/mol. The highest BCUT2D eigenvalue weighted by molar-refractivity contribution is 6.30. The molecule has 0 fully saturated rings. The number of carbonyl (C=O) groups excluding carboxylic acids is 1. The summed E-state index contributed by atoms with van der Waals surface area (Å²) in [6, 6.07) is 6.68. The Labute approximate surface area is 112 Å². The lowest BCUT2D eigenvalue weighted by atomic mass is 10.2. The third-order valence-corrected chi connectivity index (χ3v) is 2.39. The van der Waals surface area contributed by atoms with Crippen LogP contribution in [-0.2, 0) is 0 Å². The highest BCUT2D eigenvalue weighted by Gasteiger charge is 2.13. The number of carbonyl (C=O) groups is 1. The van der Waals surface area contributed by atoms with E-state index in [1.165, 1.54) is 36.7 Å². The van der Waals surface area contributed by atoms with Gasteiger partial charge in [-0.25, -0.2) is 4.79 Å². The maximum absolute atomic E-state index is 11.8. The summed E-state index contributed by atoms with van der Waals surface area (Å²) in [5.74, 6) is -0.545. The average Bonchev–Trinajstić information content (AvgIpc) is 2.39. The van der Waals surface area contributed by atoms with Gasteiger partial charge in [0, 0.05) is 24.4 Å². The number of pyridine rings is 1. The molecule has 2 aromatic rings. The van der Waals surface area contributed by atoms with Gasteiger partial charge in [-0.2, -0.15) is 0 Å². The topological polar surface area (TPSA) is 82.3 Å². The summed E-state index contributed by atoms with van der Waals surface area (Å²) >= 11 is 5.70. The number of hydrogen-bond donors (Lipinski definition) is 0. The molecule has 7 heteroatoms. The van der Waals surface area contributed by atoms with Crippen molar-refractivity contribution in [3.63, 3.8) is 0 Å². The van der Waals surface area contributed by atoms with Crippen LogP contribution < -0.4 is 4.74 Å². The maximum Gasteiger partial charge on any atom is 0.343 e. The summed E-state index contributed by atoms with van der Waals surface area (Å²) in [7, 11) is 0. The first kappa shape index (κ1) is 13.0. The van der Waals surface area contributed by atoms with E-state index < -0.39 is 10.9 Å². The zero-order chi connectivity index (χ0) is 13.8. The van der Waals surface area contributed by atoms with Gasteiger partial charge in [0.1, 0.15) is 0 Å². The Bertz CT molecular complexity index is 645. The number of esters is 1. The number of aromatic nitrogens is 1. The van der Waals surface area contributed by atoms with Crippen molar-refractivity contribution in [1.29, 1.82) is 0 Å². The fraction of sp³-hybridized carbons (Fsp3) is 0. The van der Waals surface area contributed by atoms with Crippen LogP contribution in [-0.4, -0.2) is 15.9 Å². The van der Waals surface area contributed by atoms with Gasteiger partial charge in [0.15, 0.2) is 5.75 Å². The molecule has 0 saturated heterocycles. The zero-order valence-corrected chi connectivity index (χ0v) is 10.2. The highest BCUT2D eigenvalue weighted by Crippen LogP contribution is 2.18. The molecule has 1 heterocycles. The fourth-order valence-corrected chi connectivity index (χ4v) is 1.52. The Balaban J connectivity index is 2.20. The molecule has 0 atom stereocenters. The van der Waals surface area contributed by atoms with E-state index in [9.17, 15) is 14.9 Å². The highest BCUT2D eigenvalue weighted by atomic mass is 35.5. The SMILES string of the molecule is O=C(Oc1cncc(Cl)c1)c1cccc([N+](=O)[O-])c1. The van der Waals surface area contributed by atoms with Gasteiger partial charge in [-0.05, 0) is 6.07 Å². The number of non-ortho nitro benzene ring substituents is 1.